The highest BCUT2D eigenvalue weighted by atomic mass is 16.7. The molecular weight excluding hydrogens is 514 g/mol. The fourth-order valence-corrected chi connectivity index (χ4v) is 5.32. The summed E-state index contributed by atoms with van der Waals surface area (Å²) in [5, 5.41) is 24.0. The minimum absolute atomic E-state index is 0.00254. The zero-order valence-corrected chi connectivity index (χ0v) is 23.7. The van der Waals surface area contributed by atoms with Crippen LogP contribution in [0.2, 0.25) is 0 Å². The van der Waals surface area contributed by atoms with Crippen molar-refractivity contribution in [2.75, 3.05) is 5.32 Å². The fraction of sp³-hybridized carbons (Fsp3) is 0.516. The van der Waals surface area contributed by atoms with E-state index >= 15 is 0 Å². The van der Waals surface area contributed by atoms with E-state index in [0.717, 1.165) is 12.0 Å². The van der Waals surface area contributed by atoms with Gasteiger partial charge in [-0.25, -0.2) is 4.79 Å². The number of benzene rings is 1. The number of nitrogens with one attached hydrogen (secondary N) is 1. The largest absolute Gasteiger partial charge is 0.508 e. The first-order chi connectivity index (χ1) is 18.9. The Labute approximate surface area is 234 Å². The molecule has 4 rings (SSSR count). The van der Waals surface area contributed by atoms with Crippen LogP contribution in [0.15, 0.2) is 47.6 Å². The molecular formula is C31H39NO8. The Morgan fingerprint density at radius 3 is 2.67 bits per heavy atom. The second kappa shape index (κ2) is 12.0. The maximum absolute atomic E-state index is 13.1. The average molecular weight is 554 g/mol. The zero-order chi connectivity index (χ0) is 29.2. The standard InChI is InChI=1S/C31H39NO8/c1-6-20-8-9-26(24(34)13-17(2)3)38-30(37)18(4)7-10-27(36)32-23-15-21(33)14-22-28-19(5)25(35)16-31(39-28,12-11-20)40-29(22)23/h7-9,13-15,19-20,24,26,28,33-34H,6,10-12,16H2,1-5H3,(H,32,36)/b9-8+,18-7+/t19-,20-,24-,26-,28-,31-/m0/s1. The summed E-state index contributed by atoms with van der Waals surface area (Å²) in [6.07, 6.45) is 5.73. The van der Waals surface area contributed by atoms with E-state index in [4.69, 9.17) is 14.2 Å². The van der Waals surface area contributed by atoms with Gasteiger partial charge >= 0.3 is 5.97 Å². The van der Waals surface area contributed by atoms with Crippen molar-refractivity contribution >= 4 is 23.3 Å². The number of rotatable bonds is 3. The quantitative estimate of drug-likeness (QED) is 0.351. The smallest absolute Gasteiger partial charge is 0.334 e. The molecule has 9 heteroatoms. The van der Waals surface area contributed by atoms with Gasteiger partial charge in [-0.15, -0.1) is 0 Å². The summed E-state index contributed by atoms with van der Waals surface area (Å²) in [6, 6.07) is 2.91. The van der Waals surface area contributed by atoms with Crippen molar-refractivity contribution in [3.8, 4) is 11.5 Å². The number of Topliss-reactive ketones (excluding diaryl/α,β-unsaturated/α-hetero) is 1. The molecule has 0 radical (unpaired) electrons. The van der Waals surface area contributed by atoms with Crippen molar-refractivity contribution in [3.05, 3.63) is 53.1 Å². The van der Waals surface area contributed by atoms with Crippen molar-refractivity contribution in [2.45, 2.75) is 90.8 Å². The molecule has 3 bridgehead atoms. The number of aromatic hydroxyl groups is 1. The fourth-order valence-electron chi connectivity index (χ4n) is 5.32. The van der Waals surface area contributed by atoms with Crippen LogP contribution in [0.1, 0.15) is 78.4 Å². The molecule has 1 fully saturated rings. The van der Waals surface area contributed by atoms with Crippen LogP contribution in [0.25, 0.3) is 0 Å². The maximum atomic E-state index is 13.1. The van der Waals surface area contributed by atoms with E-state index in [1.807, 2.05) is 26.8 Å². The summed E-state index contributed by atoms with van der Waals surface area (Å²) in [5.41, 5.74) is 1.87. The lowest BCUT2D eigenvalue weighted by Gasteiger charge is -2.48. The minimum Gasteiger partial charge on any atom is -0.508 e. The number of carbonyl (C=O) groups is 3. The normalized spacial score (nSPS) is 31.9. The number of cyclic esters (lactones) is 1. The zero-order valence-electron chi connectivity index (χ0n) is 23.7. The molecule has 3 aliphatic heterocycles. The summed E-state index contributed by atoms with van der Waals surface area (Å²) in [5.74, 6) is -2.46. The summed E-state index contributed by atoms with van der Waals surface area (Å²) in [4.78, 5) is 38.8. The highest BCUT2D eigenvalue weighted by Crippen LogP contribution is 2.53. The first kappa shape index (κ1) is 29.6. The first-order valence-electron chi connectivity index (χ1n) is 13.9. The number of phenolic OH excluding ortho intramolecular Hbond substituents is 1. The predicted molar refractivity (Wildman–Crippen MR) is 149 cm³/mol. The molecule has 9 nitrogen and oxygen atoms in total. The molecule has 0 unspecified atom stereocenters. The number of carbonyl (C=O) groups excluding carboxylic acids is 3. The van der Waals surface area contributed by atoms with Crippen molar-refractivity contribution in [1.82, 2.24) is 0 Å². The van der Waals surface area contributed by atoms with Gasteiger partial charge in [0.25, 0.3) is 0 Å². The molecule has 3 N–H and O–H groups in total. The number of anilines is 1. The summed E-state index contributed by atoms with van der Waals surface area (Å²) < 4.78 is 18.5. The van der Waals surface area contributed by atoms with Crippen LogP contribution in [0, 0.1) is 11.8 Å². The van der Waals surface area contributed by atoms with Gasteiger partial charge in [0.1, 0.15) is 29.8 Å². The molecule has 0 saturated carbocycles. The number of esters is 1. The van der Waals surface area contributed by atoms with Crippen LogP contribution in [-0.2, 0) is 23.9 Å². The van der Waals surface area contributed by atoms with Gasteiger partial charge < -0.3 is 29.7 Å². The van der Waals surface area contributed by atoms with E-state index in [0.29, 0.717) is 24.2 Å². The highest BCUT2D eigenvalue weighted by Gasteiger charge is 2.52. The lowest BCUT2D eigenvalue weighted by molar-refractivity contribution is -0.261. The number of ketones is 1. The van der Waals surface area contributed by atoms with Crippen molar-refractivity contribution in [2.24, 2.45) is 11.8 Å². The van der Waals surface area contributed by atoms with Crippen LogP contribution < -0.4 is 10.1 Å². The third kappa shape index (κ3) is 6.47. The molecule has 216 valence electrons. The second-order valence-corrected chi connectivity index (χ2v) is 11.2. The van der Waals surface area contributed by atoms with Crippen molar-refractivity contribution in [3.63, 3.8) is 0 Å². The molecule has 0 aliphatic carbocycles. The Morgan fingerprint density at radius 2 is 1.98 bits per heavy atom. The molecule has 6 atom stereocenters. The number of amides is 1. The van der Waals surface area contributed by atoms with Crippen molar-refractivity contribution in [1.29, 1.82) is 0 Å². The van der Waals surface area contributed by atoms with Gasteiger partial charge in [0.15, 0.2) is 5.75 Å². The topological polar surface area (TPSA) is 131 Å². The van der Waals surface area contributed by atoms with Crippen LogP contribution in [0.4, 0.5) is 5.69 Å². The molecule has 1 amide bonds. The molecule has 40 heavy (non-hydrogen) atoms. The third-order valence-electron chi connectivity index (χ3n) is 7.71. The Bertz CT molecular complexity index is 1260. The highest BCUT2D eigenvalue weighted by molar-refractivity contribution is 5.96. The molecule has 1 saturated heterocycles. The molecule has 3 aliphatic rings. The van der Waals surface area contributed by atoms with E-state index in [1.54, 1.807) is 26.0 Å². The second-order valence-electron chi connectivity index (χ2n) is 11.2. The van der Waals surface area contributed by atoms with Crippen LogP contribution in [0.5, 0.6) is 11.5 Å². The number of aliphatic hydroxyl groups is 1. The molecule has 3 heterocycles. The average Bonchev–Trinajstić information content (AvgIpc) is 2.89. The summed E-state index contributed by atoms with van der Waals surface area (Å²) in [6.45, 7) is 9.06. The van der Waals surface area contributed by atoms with Crippen LogP contribution >= 0.6 is 0 Å². The van der Waals surface area contributed by atoms with Gasteiger partial charge in [-0.1, -0.05) is 37.6 Å². The van der Waals surface area contributed by atoms with E-state index in [1.165, 1.54) is 18.2 Å². The van der Waals surface area contributed by atoms with Crippen LogP contribution in [-0.4, -0.2) is 45.9 Å². The minimum atomic E-state index is -1.23. The maximum Gasteiger partial charge on any atom is 0.334 e. The SMILES string of the molecule is CC[C@H]1/C=C/[C@@H]([C@@H](O)C=C(C)C)OC(=O)/C(C)=C/CC(=O)Nc2cc(O)cc3c2O[C@@]2(CC1)CC(=O)[C@H](C)[C@@H]3O2. The predicted octanol–water partition coefficient (Wildman–Crippen LogP) is 5.04. The van der Waals surface area contributed by atoms with Gasteiger partial charge in [-0.2, -0.15) is 0 Å². The van der Waals surface area contributed by atoms with Gasteiger partial charge in [0, 0.05) is 36.0 Å². The van der Waals surface area contributed by atoms with Gasteiger partial charge in [-0.05, 0) is 51.7 Å². The Morgan fingerprint density at radius 1 is 1.23 bits per heavy atom. The van der Waals surface area contributed by atoms with E-state index < -0.39 is 41.9 Å². The lowest BCUT2D eigenvalue weighted by Crippen LogP contribution is -2.52. The van der Waals surface area contributed by atoms with Crippen LogP contribution in [0.3, 0.4) is 0 Å². The third-order valence-corrected chi connectivity index (χ3v) is 7.71. The molecule has 1 aromatic carbocycles. The van der Waals surface area contributed by atoms with Gasteiger partial charge in [0.2, 0.25) is 11.7 Å². The lowest BCUT2D eigenvalue weighted by atomic mass is 9.82. The van der Waals surface area contributed by atoms with E-state index in [-0.39, 0.29) is 41.6 Å². The number of hydrogen-bond donors (Lipinski definition) is 3. The van der Waals surface area contributed by atoms with Crippen molar-refractivity contribution < 1.29 is 38.8 Å². The number of fused-ring (bicyclic) bond motifs is 2. The number of hydrogen-bond acceptors (Lipinski definition) is 8. The summed E-state index contributed by atoms with van der Waals surface area (Å²) in [7, 11) is 0. The van der Waals surface area contributed by atoms with E-state index in [9.17, 15) is 24.6 Å². The molecule has 1 aromatic rings. The molecule has 1 spiro atoms. The summed E-state index contributed by atoms with van der Waals surface area (Å²) >= 11 is 0. The Hall–Kier alpha value is -3.43. The number of ether oxygens (including phenoxy) is 3. The Balaban J connectivity index is 1.76. The Kier molecular flexibility index (Phi) is 8.85. The van der Waals surface area contributed by atoms with Gasteiger partial charge in [0.05, 0.1) is 12.1 Å². The first-order valence-corrected chi connectivity index (χ1v) is 13.9. The monoisotopic (exact) mass is 553 g/mol. The van der Waals surface area contributed by atoms with Gasteiger partial charge in [-0.3, -0.25) is 9.59 Å². The molecule has 0 aromatic heterocycles. The number of phenols is 1. The number of aliphatic hydroxyl groups excluding tert-OH is 1. The van der Waals surface area contributed by atoms with E-state index in [2.05, 4.69) is 5.32 Å². The number of allylic oxidation sites excluding steroid dienone is 2.